The van der Waals surface area contributed by atoms with Crippen molar-refractivity contribution in [2.45, 2.75) is 31.6 Å². The molecule has 1 heterocycles. The monoisotopic (exact) mass is 420 g/mol. The molecule has 0 saturated carbocycles. The predicted molar refractivity (Wildman–Crippen MR) is 112 cm³/mol. The zero-order chi connectivity index (χ0) is 20.9. The molecule has 0 spiro atoms. The van der Waals surface area contributed by atoms with Gasteiger partial charge in [0.2, 0.25) is 10.0 Å². The van der Waals surface area contributed by atoms with E-state index < -0.39 is 16.1 Å². The molecule has 1 fully saturated rings. The third kappa shape index (κ3) is 4.64. The molecule has 7 nitrogen and oxygen atoms in total. The van der Waals surface area contributed by atoms with E-state index in [4.69, 9.17) is 9.47 Å². The number of fused-ring (bicyclic) bond motifs is 1. The van der Waals surface area contributed by atoms with E-state index in [-0.39, 0.29) is 18.0 Å². The fourth-order valence-corrected chi connectivity index (χ4v) is 5.00. The summed E-state index contributed by atoms with van der Waals surface area (Å²) in [6.07, 6.45) is 1.57. The minimum absolute atomic E-state index is 0.240. The van der Waals surface area contributed by atoms with E-state index in [1.807, 2.05) is 24.3 Å². The summed E-state index contributed by atoms with van der Waals surface area (Å²) in [7, 11) is -3.69. The van der Waals surface area contributed by atoms with Crippen LogP contribution >= 0.6 is 0 Å². The molecule has 0 aromatic heterocycles. The van der Waals surface area contributed by atoms with Gasteiger partial charge in [-0.1, -0.05) is 37.6 Å². The molecule has 0 aliphatic carbocycles. The fourth-order valence-electron chi connectivity index (χ4n) is 3.39. The quantitative estimate of drug-likeness (QED) is 0.641. The van der Waals surface area contributed by atoms with Gasteiger partial charge >= 0.3 is 6.09 Å². The summed E-state index contributed by atoms with van der Waals surface area (Å²) < 4.78 is 39.0. The van der Waals surface area contributed by atoms with E-state index in [0.29, 0.717) is 37.4 Å². The van der Waals surface area contributed by atoms with Crippen molar-refractivity contribution >= 4 is 26.9 Å². The number of carbonyl (C=O) groups excluding carboxylic acids is 1. The Bertz CT molecular complexity index is 953. The van der Waals surface area contributed by atoms with E-state index in [1.165, 1.54) is 9.21 Å². The van der Waals surface area contributed by atoms with Crippen molar-refractivity contribution in [1.82, 2.24) is 9.21 Å². The van der Waals surface area contributed by atoms with Crippen LogP contribution in [0.2, 0.25) is 0 Å². The number of benzene rings is 2. The SMILES string of the molecule is CCCCOc1ccc(S(=O)(=O)N2CCN(C(=O)OCC)CC2)c2ccccc12. The third-order valence-corrected chi connectivity index (χ3v) is 6.94. The van der Waals surface area contributed by atoms with E-state index in [1.54, 1.807) is 19.1 Å². The largest absolute Gasteiger partial charge is 0.493 e. The lowest BCUT2D eigenvalue weighted by Gasteiger charge is -2.33. The van der Waals surface area contributed by atoms with Crippen LogP contribution in [-0.2, 0) is 14.8 Å². The van der Waals surface area contributed by atoms with E-state index in [0.717, 1.165) is 18.2 Å². The molecule has 8 heteroatoms. The van der Waals surface area contributed by atoms with Gasteiger partial charge in [-0.3, -0.25) is 0 Å². The second-order valence-corrected chi connectivity index (χ2v) is 8.81. The highest BCUT2D eigenvalue weighted by molar-refractivity contribution is 7.89. The molecule has 158 valence electrons. The Balaban J connectivity index is 1.84. The van der Waals surface area contributed by atoms with Crippen LogP contribution in [0.5, 0.6) is 5.75 Å². The zero-order valence-electron chi connectivity index (χ0n) is 17.0. The van der Waals surface area contributed by atoms with Gasteiger partial charge in [-0.25, -0.2) is 13.2 Å². The molecule has 3 rings (SSSR count). The van der Waals surface area contributed by atoms with Crippen LogP contribution in [-0.4, -0.2) is 63.1 Å². The van der Waals surface area contributed by atoms with Gasteiger partial charge in [0.1, 0.15) is 5.75 Å². The highest BCUT2D eigenvalue weighted by atomic mass is 32.2. The molecule has 0 N–H and O–H groups in total. The Morgan fingerprint density at radius 1 is 1.00 bits per heavy atom. The van der Waals surface area contributed by atoms with Crippen molar-refractivity contribution in [2.75, 3.05) is 39.4 Å². The van der Waals surface area contributed by atoms with Gasteiger partial charge in [-0.2, -0.15) is 4.31 Å². The van der Waals surface area contributed by atoms with Crippen molar-refractivity contribution < 1.29 is 22.7 Å². The first-order chi connectivity index (χ1) is 14.0. The van der Waals surface area contributed by atoms with Gasteiger partial charge in [0.25, 0.3) is 0 Å². The number of piperazine rings is 1. The minimum atomic E-state index is -3.69. The number of ether oxygens (including phenoxy) is 2. The van der Waals surface area contributed by atoms with Crippen molar-refractivity contribution in [3.63, 3.8) is 0 Å². The number of unbranched alkanes of at least 4 members (excludes halogenated alkanes) is 1. The molecule has 0 bridgehead atoms. The normalized spacial score (nSPS) is 15.4. The Morgan fingerprint density at radius 3 is 2.34 bits per heavy atom. The molecular formula is C21H28N2O5S. The maximum Gasteiger partial charge on any atom is 0.409 e. The second-order valence-electron chi connectivity index (χ2n) is 6.90. The lowest BCUT2D eigenvalue weighted by molar-refractivity contribution is 0.0934. The number of sulfonamides is 1. The lowest BCUT2D eigenvalue weighted by atomic mass is 10.1. The standard InChI is InChI=1S/C21H28N2O5S/c1-3-5-16-28-19-10-11-20(18-9-7-6-8-17(18)19)29(25,26)23-14-12-22(13-15-23)21(24)27-4-2/h6-11H,3-5,12-16H2,1-2H3. The van der Waals surface area contributed by atoms with Gasteiger partial charge in [-0.05, 0) is 25.5 Å². The van der Waals surface area contributed by atoms with Crippen LogP contribution in [0, 0.1) is 0 Å². The minimum Gasteiger partial charge on any atom is -0.493 e. The molecule has 1 saturated heterocycles. The topological polar surface area (TPSA) is 76.2 Å². The molecule has 0 atom stereocenters. The maximum atomic E-state index is 13.3. The first-order valence-electron chi connectivity index (χ1n) is 10.1. The van der Waals surface area contributed by atoms with E-state index in [2.05, 4.69) is 6.92 Å². The summed E-state index contributed by atoms with van der Waals surface area (Å²) in [6, 6.07) is 10.8. The van der Waals surface area contributed by atoms with Crippen molar-refractivity contribution in [3.8, 4) is 5.75 Å². The van der Waals surface area contributed by atoms with Gasteiger partial charge in [-0.15, -0.1) is 0 Å². The van der Waals surface area contributed by atoms with Crippen LogP contribution < -0.4 is 4.74 Å². The van der Waals surface area contributed by atoms with Crippen LogP contribution in [0.3, 0.4) is 0 Å². The van der Waals surface area contributed by atoms with Crippen molar-refractivity contribution in [1.29, 1.82) is 0 Å². The van der Waals surface area contributed by atoms with Crippen molar-refractivity contribution in [3.05, 3.63) is 36.4 Å². The van der Waals surface area contributed by atoms with Crippen LogP contribution in [0.1, 0.15) is 26.7 Å². The summed E-state index contributed by atoms with van der Waals surface area (Å²) in [5, 5.41) is 1.43. The Hall–Kier alpha value is -2.32. The highest BCUT2D eigenvalue weighted by Gasteiger charge is 2.31. The Labute approximate surface area is 172 Å². The van der Waals surface area contributed by atoms with Gasteiger partial charge in [0, 0.05) is 37.0 Å². The summed E-state index contributed by atoms with van der Waals surface area (Å²) in [5.74, 6) is 0.695. The molecule has 1 amide bonds. The van der Waals surface area contributed by atoms with Crippen LogP contribution in [0.25, 0.3) is 10.8 Å². The third-order valence-electron chi connectivity index (χ3n) is 4.98. The van der Waals surface area contributed by atoms with Gasteiger partial charge in [0.15, 0.2) is 0 Å². The Morgan fingerprint density at radius 2 is 1.69 bits per heavy atom. The smallest absolute Gasteiger partial charge is 0.409 e. The zero-order valence-corrected chi connectivity index (χ0v) is 17.8. The van der Waals surface area contributed by atoms with Gasteiger partial charge < -0.3 is 14.4 Å². The number of carbonyl (C=O) groups is 1. The molecular weight excluding hydrogens is 392 g/mol. The molecule has 2 aromatic carbocycles. The Kier molecular flexibility index (Phi) is 6.97. The van der Waals surface area contributed by atoms with Crippen molar-refractivity contribution in [2.24, 2.45) is 0 Å². The number of hydrogen-bond acceptors (Lipinski definition) is 5. The predicted octanol–water partition coefficient (Wildman–Crippen LogP) is 3.48. The van der Waals surface area contributed by atoms with E-state index >= 15 is 0 Å². The summed E-state index contributed by atoms with van der Waals surface area (Å²) in [5.41, 5.74) is 0. The highest BCUT2D eigenvalue weighted by Crippen LogP contribution is 2.33. The van der Waals surface area contributed by atoms with Crippen LogP contribution in [0.4, 0.5) is 4.79 Å². The average Bonchev–Trinajstić information content (AvgIpc) is 2.74. The first kappa shape index (κ1) is 21.4. The number of nitrogens with zero attached hydrogens (tertiary/aromatic N) is 2. The molecule has 0 radical (unpaired) electrons. The van der Waals surface area contributed by atoms with Gasteiger partial charge in [0.05, 0.1) is 18.1 Å². The molecule has 1 aliphatic rings. The molecule has 1 aliphatic heterocycles. The maximum absolute atomic E-state index is 13.3. The number of hydrogen-bond donors (Lipinski definition) is 0. The number of amides is 1. The lowest BCUT2D eigenvalue weighted by Crippen LogP contribution is -2.50. The molecule has 29 heavy (non-hydrogen) atoms. The average molecular weight is 421 g/mol. The van der Waals surface area contributed by atoms with E-state index in [9.17, 15) is 13.2 Å². The number of rotatable bonds is 7. The first-order valence-corrected chi connectivity index (χ1v) is 11.5. The molecule has 2 aromatic rings. The molecule has 0 unspecified atom stereocenters. The summed E-state index contributed by atoms with van der Waals surface area (Å²) >= 11 is 0. The summed E-state index contributed by atoms with van der Waals surface area (Å²) in [4.78, 5) is 13.7. The summed E-state index contributed by atoms with van der Waals surface area (Å²) in [6.45, 7) is 5.85. The second kappa shape index (κ2) is 9.45. The fraction of sp³-hybridized carbons (Fsp3) is 0.476. The van der Waals surface area contributed by atoms with Crippen LogP contribution in [0.15, 0.2) is 41.3 Å².